The fourth-order valence-electron chi connectivity index (χ4n) is 5.56. The van der Waals surface area contributed by atoms with E-state index >= 15 is 0 Å². The van der Waals surface area contributed by atoms with E-state index in [2.05, 4.69) is 26.7 Å². The van der Waals surface area contributed by atoms with Crippen molar-refractivity contribution in [2.24, 2.45) is 11.3 Å². The summed E-state index contributed by atoms with van der Waals surface area (Å²) in [6.45, 7) is 0.701. The third kappa shape index (κ3) is 4.88. The Bertz CT molecular complexity index is 1460. The molecule has 0 radical (unpaired) electrons. The third-order valence-corrected chi connectivity index (χ3v) is 7.91. The number of carboxylic acid groups (broad SMARTS) is 1. The largest absolute Gasteiger partial charge is 0.481 e. The van der Waals surface area contributed by atoms with E-state index in [1.54, 1.807) is 0 Å². The summed E-state index contributed by atoms with van der Waals surface area (Å²) < 4.78 is 0. The first kappa shape index (κ1) is 24.2. The van der Waals surface area contributed by atoms with Crippen LogP contribution in [0.2, 0.25) is 0 Å². The van der Waals surface area contributed by atoms with Gasteiger partial charge in [0.25, 0.3) is 0 Å². The van der Waals surface area contributed by atoms with Gasteiger partial charge in [0.05, 0.1) is 16.6 Å². The Morgan fingerprint density at radius 2 is 1.74 bits per heavy atom. The first-order valence-electron chi connectivity index (χ1n) is 13.3. The summed E-state index contributed by atoms with van der Waals surface area (Å²) in [6.07, 6.45) is 5.94. The number of carbonyl (C=O) groups is 2. The van der Waals surface area contributed by atoms with Gasteiger partial charge in [0.15, 0.2) is 0 Å². The summed E-state index contributed by atoms with van der Waals surface area (Å²) in [5.41, 5.74) is 3.72. The maximum Gasteiger partial charge on any atom is 0.311 e. The Hall–Kier alpha value is -4.14. The zero-order chi connectivity index (χ0) is 26.1. The van der Waals surface area contributed by atoms with E-state index in [-0.39, 0.29) is 18.4 Å². The second kappa shape index (κ2) is 9.96. The first-order valence-corrected chi connectivity index (χ1v) is 13.3. The molecule has 0 spiro atoms. The average Bonchev–Trinajstić information content (AvgIpc) is 3.66. The van der Waals surface area contributed by atoms with Gasteiger partial charge in [-0.1, -0.05) is 55.7 Å². The molecule has 1 amide bonds. The standard InChI is InChI=1S/C29H30N6O3/c36-27(22-9-10-22)35(18-29(28(37)38)14-2-1-3-15-29)17-19-4-12-25-23(16-19)11-13-24(30-25)20-5-7-21(8-6-20)26-31-33-34-32-26/h4-8,11-13,16,22H,1-3,9-10,14-15,17-18H2,(H,37,38)(H,31,32,33,34). The lowest BCUT2D eigenvalue weighted by Crippen LogP contribution is -2.46. The van der Waals surface area contributed by atoms with E-state index in [1.807, 2.05) is 53.4 Å². The number of carbonyl (C=O) groups excluding carboxylic acids is 1. The number of fused-ring (bicyclic) bond motifs is 1. The highest BCUT2D eigenvalue weighted by molar-refractivity contribution is 5.84. The topological polar surface area (TPSA) is 125 Å². The molecular weight excluding hydrogens is 480 g/mol. The summed E-state index contributed by atoms with van der Waals surface area (Å²) in [6, 6.07) is 17.9. The van der Waals surface area contributed by atoms with Gasteiger partial charge in [-0.05, 0) is 54.7 Å². The Kier molecular flexibility index (Phi) is 6.35. The molecule has 2 fully saturated rings. The Morgan fingerprint density at radius 3 is 2.42 bits per heavy atom. The molecule has 9 nitrogen and oxygen atoms in total. The van der Waals surface area contributed by atoms with Crippen molar-refractivity contribution in [2.75, 3.05) is 6.54 Å². The van der Waals surface area contributed by atoms with Gasteiger partial charge < -0.3 is 10.0 Å². The lowest BCUT2D eigenvalue weighted by Gasteiger charge is -2.38. The molecule has 4 aromatic rings. The highest BCUT2D eigenvalue weighted by Gasteiger charge is 2.44. The number of aromatic amines is 1. The van der Waals surface area contributed by atoms with E-state index in [0.29, 0.717) is 25.2 Å². The summed E-state index contributed by atoms with van der Waals surface area (Å²) in [7, 11) is 0. The predicted octanol–water partition coefficient (Wildman–Crippen LogP) is 4.86. The molecule has 2 saturated carbocycles. The summed E-state index contributed by atoms with van der Waals surface area (Å²) in [5, 5.41) is 25.2. The normalized spacial score (nSPS) is 16.8. The number of aromatic nitrogens is 5. The van der Waals surface area contributed by atoms with Gasteiger partial charge >= 0.3 is 5.97 Å². The fourth-order valence-corrected chi connectivity index (χ4v) is 5.56. The minimum Gasteiger partial charge on any atom is -0.481 e. The Balaban J connectivity index is 1.23. The molecule has 0 bridgehead atoms. The summed E-state index contributed by atoms with van der Waals surface area (Å²) in [4.78, 5) is 32.2. The summed E-state index contributed by atoms with van der Waals surface area (Å²) >= 11 is 0. The van der Waals surface area contributed by atoms with Crippen molar-refractivity contribution < 1.29 is 14.7 Å². The second-order valence-corrected chi connectivity index (χ2v) is 10.7. The number of hydrogen-bond donors (Lipinski definition) is 2. The molecule has 2 N–H and O–H groups in total. The number of H-pyrrole nitrogens is 1. The number of aliphatic carboxylic acids is 1. The number of amides is 1. The predicted molar refractivity (Wildman–Crippen MR) is 142 cm³/mol. The number of nitrogens with one attached hydrogen (secondary N) is 1. The van der Waals surface area contributed by atoms with Crippen LogP contribution < -0.4 is 0 Å². The number of rotatable bonds is 8. The van der Waals surface area contributed by atoms with E-state index in [1.165, 1.54) is 0 Å². The van der Waals surface area contributed by atoms with E-state index in [9.17, 15) is 14.7 Å². The molecule has 38 heavy (non-hydrogen) atoms. The molecule has 2 aliphatic carbocycles. The average molecular weight is 511 g/mol. The van der Waals surface area contributed by atoms with Crippen molar-refractivity contribution in [2.45, 2.75) is 51.5 Å². The molecule has 6 rings (SSSR count). The van der Waals surface area contributed by atoms with Crippen molar-refractivity contribution in [1.82, 2.24) is 30.5 Å². The number of hydrogen-bond acceptors (Lipinski definition) is 6. The minimum atomic E-state index is -0.838. The van der Waals surface area contributed by atoms with Crippen molar-refractivity contribution in [3.8, 4) is 22.6 Å². The number of benzene rings is 2. The molecule has 9 heteroatoms. The van der Waals surface area contributed by atoms with Crippen molar-refractivity contribution in [1.29, 1.82) is 0 Å². The van der Waals surface area contributed by atoms with E-state index < -0.39 is 11.4 Å². The van der Waals surface area contributed by atoms with Crippen LogP contribution in [0.25, 0.3) is 33.5 Å². The van der Waals surface area contributed by atoms with Crippen molar-refractivity contribution in [3.05, 3.63) is 60.2 Å². The Labute approximate surface area is 220 Å². The number of pyridine rings is 1. The molecule has 0 aliphatic heterocycles. The molecule has 2 aliphatic rings. The maximum atomic E-state index is 13.2. The monoisotopic (exact) mass is 510 g/mol. The van der Waals surface area contributed by atoms with Gasteiger partial charge in [-0.3, -0.25) is 9.59 Å². The van der Waals surface area contributed by atoms with Gasteiger partial charge in [-0.15, -0.1) is 10.2 Å². The number of tetrazole rings is 1. The van der Waals surface area contributed by atoms with Crippen LogP contribution in [0, 0.1) is 11.3 Å². The highest BCUT2D eigenvalue weighted by atomic mass is 16.4. The first-order chi connectivity index (χ1) is 18.5. The van der Waals surface area contributed by atoms with Crippen LogP contribution in [0.4, 0.5) is 0 Å². The smallest absolute Gasteiger partial charge is 0.311 e. The third-order valence-electron chi connectivity index (χ3n) is 7.91. The van der Waals surface area contributed by atoms with Crippen LogP contribution >= 0.6 is 0 Å². The molecule has 194 valence electrons. The van der Waals surface area contributed by atoms with E-state index in [0.717, 1.165) is 65.4 Å². The minimum absolute atomic E-state index is 0.0422. The number of carboxylic acids is 1. The highest BCUT2D eigenvalue weighted by Crippen LogP contribution is 2.40. The van der Waals surface area contributed by atoms with Gasteiger partial charge in [0, 0.05) is 35.5 Å². The summed E-state index contributed by atoms with van der Waals surface area (Å²) in [5.74, 6) is -0.0940. The van der Waals surface area contributed by atoms with E-state index in [4.69, 9.17) is 4.98 Å². The second-order valence-electron chi connectivity index (χ2n) is 10.7. The van der Waals surface area contributed by atoms with Gasteiger partial charge in [0.2, 0.25) is 11.7 Å². The van der Waals surface area contributed by atoms with Crippen LogP contribution in [0.3, 0.4) is 0 Å². The van der Waals surface area contributed by atoms with Crippen molar-refractivity contribution >= 4 is 22.8 Å². The van der Waals surface area contributed by atoms with Crippen LogP contribution in [0.1, 0.15) is 50.5 Å². The maximum absolute atomic E-state index is 13.2. The van der Waals surface area contributed by atoms with Gasteiger partial charge in [0.1, 0.15) is 0 Å². The van der Waals surface area contributed by atoms with Crippen LogP contribution in [-0.2, 0) is 16.1 Å². The lowest BCUT2D eigenvalue weighted by atomic mass is 9.73. The van der Waals surface area contributed by atoms with Gasteiger partial charge in [-0.2, -0.15) is 5.21 Å². The van der Waals surface area contributed by atoms with Gasteiger partial charge in [-0.25, -0.2) is 4.98 Å². The van der Waals surface area contributed by atoms with Crippen LogP contribution in [-0.4, -0.2) is 54.0 Å². The molecule has 2 aromatic carbocycles. The SMILES string of the molecule is O=C(C1CC1)N(Cc1ccc2nc(-c3ccc(-c4nn[nH]n4)cc3)ccc2c1)CC1(C(=O)O)CCCCC1. The van der Waals surface area contributed by atoms with Crippen molar-refractivity contribution in [3.63, 3.8) is 0 Å². The van der Waals surface area contributed by atoms with Crippen LogP contribution in [0.5, 0.6) is 0 Å². The molecule has 0 unspecified atom stereocenters. The molecule has 0 atom stereocenters. The lowest BCUT2D eigenvalue weighted by molar-refractivity contribution is -0.154. The zero-order valence-corrected chi connectivity index (χ0v) is 21.1. The molecule has 0 saturated heterocycles. The molecule has 2 aromatic heterocycles. The van der Waals surface area contributed by atoms with Crippen LogP contribution in [0.15, 0.2) is 54.6 Å². The molecule has 2 heterocycles. The quantitative estimate of drug-likeness (QED) is 0.347. The fraction of sp³-hybridized carbons (Fsp3) is 0.379. The number of nitrogens with zero attached hydrogens (tertiary/aromatic N) is 5. The molecular formula is C29H30N6O3. The Morgan fingerprint density at radius 1 is 0.974 bits per heavy atom. The zero-order valence-electron chi connectivity index (χ0n) is 21.1.